The minimum Gasteiger partial charge on any atom is -0.349 e. The van der Waals surface area contributed by atoms with Gasteiger partial charge in [-0.3, -0.25) is 9.59 Å². The highest BCUT2D eigenvalue weighted by Crippen LogP contribution is 2.66. The number of rotatable bonds is 2. The molecule has 0 radical (unpaired) electrons. The normalized spacial score (nSPS) is 22.1. The first-order valence-corrected chi connectivity index (χ1v) is 9.88. The van der Waals surface area contributed by atoms with Gasteiger partial charge in [-0.05, 0) is 35.7 Å². The summed E-state index contributed by atoms with van der Waals surface area (Å²) in [5.41, 5.74) is 4.46. The molecular formula is C23H19N5O2. The molecular weight excluding hydrogens is 378 g/mol. The molecule has 3 aromatic heterocycles. The highest BCUT2D eigenvalue weighted by atomic mass is 16.2. The second-order valence-corrected chi connectivity index (χ2v) is 8.18. The Kier molecular flexibility index (Phi) is 3.23. The molecule has 0 bridgehead atoms. The molecule has 1 N–H and O–H groups in total. The van der Waals surface area contributed by atoms with Crippen LogP contribution in [-0.4, -0.2) is 32.5 Å². The van der Waals surface area contributed by atoms with Crippen molar-refractivity contribution in [2.75, 3.05) is 11.9 Å². The van der Waals surface area contributed by atoms with Crippen LogP contribution in [0, 0.1) is 0 Å². The third kappa shape index (κ3) is 2.04. The average molecular weight is 397 g/mol. The van der Waals surface area contributed by atoms with Crippen LogP contribution in [0.2, 0.25) is 0 Å². The summed E-state index contributed by atoms with van der Waals surface area (Å²) in [6, 6.07) is 11.8. The van der Waals surface area contributed by atoms with E-state index in [1.807, 2.05) is 37.5 Å². The Balaban J connectivity index is 1.55. The number of hydrogen-bond acceptors (Lipinski definition) is 4. The van der Waals surface area contributed by atoms with Crippen LogP contribution in [0.5, 0.6) is 0 Å². The van der Waals surface area contributed by atoms with Crippen LogP contribution in [0.1, 0.15) is 23.5 Å². The number of benzene rings is 1. The first-order valence-electron chi connectivity index (χ1n) is 9.88. The van der Waals surface area contributed by atoms with Gasteiger partial charge in [-0.2, -0.15) is 0 Å². The number of aromatic amines is 1. The first kappa shape index (κ1) is 17.1. The van der Waals surface area contributed by atoms with E-state index >= 15 is 0 Å². The highest BCUT2D eigenvalue weighted by molar-refractivity contribution is 6.11. The molecule has 1 saturated carbocycles. The number of fused-ring (bicyclic) bond motifs is 3. The fourth-order valence-electron chi connectivity index (χ4n) is 5.07. The van der Waals surface area contributed by atoms with Crippen molar-refractivity contribution in [1.29, 1.82) is 0 Å². The maximum atomic E-state index is 13.3. The van der Waals surface area contributed by atoms with Crippen molar-refractivity contribution >= 4 is 22.5 Å². The number of amides is 1. The molecule has 148 valence electrons. The lowest BCUT2D eigenvalue weighted by molar-refractivity contribution is -0.120. The SMILES string of the molecule is CN1C(=O)[C@@]2(C[C@H]2c2cn(C)c(=O)c3[nH]c(-c4ccncn4)cc23)c2ccccc21. The van der Waals surface area contributed by atoms with E-state index in [-0.39, 0.29) is 17.4 Å². The predicted molar refractivity (Wildman–Crippen MR) is 113 cm³/mol. The largest absolute Gasteiger partial charge is 0.349 e. The van der Waals surface area contributed by atoms with Gasteiger partial charge in [-0.15, -0.1) is 0 Å². The number of nitrogens with one attached hydrogen (secondary N) is 1. The summed E-state index contributed by atoms with van der Waals surface area (Å²) in [7, 11) is 3.59. The molecule has 1 amide bonds. The number of likely N-dealkylation sites (N-methyl/N-ethyl adjacent to an activating group) is 1. The second kappa shape index (κ2) is 5.66. The molecule has 2 atom stereocenters. The molecule has 7 nitrogen and oxygen atoms in total. The molecule has 6 rings (SSSR count). The van der Waals surface area contributed by atoms with Crippen molar-refractivity contribution in [2.24, 2.45) is 7.05 Å². The molecule has 1 fully saturated rings. The fraction of sp³-hybridized carbons (Fsp3) is 0.217. The van der Waals surface area contributed by atoms with E-state index in [1.54, 1.807) is 28.8 Å². The molecule has 0 unspecified atom stereocenters. The number of aromatic nitrogens is 4. The predicted octanol–water partition coefficient (Wildman–Crippen LogP) is 2.73. The van der Waals surface area contributed by atoms with Crippen LogP contribution >= 0.6 is 0 Å². The Hall–Kier alpha value is -3.74. The van der Waals surface area contributed by atoms with Crippen molar-refractivity contribution in [3.8, 4) is 11.4 Å². The van der Waals surface area contributed by atoms with Crippen molar-refractivity contribution in [2.45, 2.75) is 17.8 Å². The minimum atomic E-state index is -0.540. The molecule has 1 spiro atoms. The molecule has 1 aliphatic carbocycles. The zero-order valence-electron chi connectivity index (χ0n) is 16.6. The van der Waals surface area contributed by atoms with Crippen LogP contribution in [0.4, 0.5) is 5.69 Å². The quantitative estimate of drug-likeness (QED) is 0.564. The van der Waals surface area contributed by atoms with Gasteiger partial charge in [0.05, 0.1) is 16.8 Å². The number of para-hydroxylation sites is 1. The zero-order valence-corrected chi connectivity index (χ0v) is 16.6. The molecule has 4 heterocycles. The smallest absolute Gasteiger partial charge is 0.274 e. The van der Waals surface area contributed by atoms with Crippen molar-refractivity contribution in [3.63, 3.8) is 0 Å². The Morgan fingerprint density at radius 1 is 1.17 bits per heavy atom. The van der Waals surface area contributed by atoms with Crippen LogP contribution in [-0.2, 0) is 17.3 Å². The van der Waals surface area contributed by atoms with Gasteiger partial charge in [0.15, 0.2) is 0 Å². The molecule has 4 aromatic rings. The van der Waals surface area contributed by atoms with Crippen LogP contribution in [0.25, 0.3) is 22.3 Å². The Bertz CT molecular complexity index is 1400. The van der Waals surface area contributed by atoms with E-state index in [2.05, 4.69) is 21.0 Å². The lowest BCUT2D eigenvalue weighted by Gasteiger charge is -2.12. The summed E-state index contributed by atoms with van der Waals surface area (Å²) in [4.78, 5) is 39.4. The van der Waals surface area contributed by atoms with E-state index in [9.17, 15) is 9.59 Å². The number of hydrogen-bond donors (Lipinski definition) is 1. The number of nitrogens with zero attached hydrogens (tertiary/aromatic N) is 4. The van der Waals surface area contributed by atoms with Gasteiger partial charge < -0.3 is 14.5 Å². The van der Waals surface area contributed by atoms with Crippen LogP contribution < -0.4 is 10.5 Å². The molecule has 7 heteroatoms. The number of pyridine rings is 1. The number of carbonyl (C=O) groups excluding carboxylic acids is 1. The van der Waals surface area contributed by atoms with Gasteiger partial charge in [0.2, 0.25) is 5.91 Å². The monoisotopic (exact) mass is 397 g/mol. The zero-order chi connectivity index (χ0) is 20.6. The number of H-pyrrole nitrogens is 1. The average Bonchev–Trinajstić information content (AvgIpc) is 3.30. The number of aryl methyl sites for hydroxylation is 1. The Morgan fingerprint density at radius 3 is 2.80 bits per heavy atom. The molecule has 2 aliphatic rings. The Morgan fingerprint density at radius 2 is 2.00 bits per heavy atom. The Labute approximate surface area is 172 Å². The summed E-state index contributed by atoms with van der Waals surface area (Å²) in [5.74, 6) is 0.154. The van der Waals surface area contributed by atoms with Crippen molar-refractivity contribution in [3.05, 3.63) is 76.6 Å². The van der Waals surface area contributed by atoms with E-state index in [4.69, 9.17) is 0 Å². The maximum absolute atomic E-state index is 13.3. The first-order chi connectivity index (χ1) is 14.5. The minimum absolute atomic E-state index is 0.0273. The third-order valence-electron chi connectivity index (χ3n) is 6.62. The lowest BCUT2D eigenvalue weighted by Crippen LogP contribution is -2.29. The topological polar surface area (TPSA) is 83.9 Å². The van der Waals surface area contributed by atoms with E-state index in [0.717, 1.165) is 40.0 Å². The van der Waals surface area contributed by atoms with Gasteiger partial charge in [-0.1, -0.05) is 18.2 Å². The van der Waals surface area contributed by atoms with Gasteiger partial charge in [0.1, 0.15) is 11.8 Å². The number of anilines is 1. The van der Waals surface area contributed by atoms with Crippen LogP contribution in [0.3, 0.4) is 0 Å². The van der Waals surface area contributed by atoms with Crippen LogP contribution in [0.15, 0.2) is 59.9 Å². The van der Waals surface area contributed by atoms with Gasteiger partial charge in [0.25, 0.3) is 5.56 Å². The number of carbonyl (C=O) groups is 1. The molecule has 30 heavy (non-hydrogen) atoms. The van der Waals surface area contributed by atoms with Gasteiger partial charge >= 0.3 is 0 Å². The maximum Gasteiger partial charge on any atom is 0.274 e. The summed E-state index contributed by atoms with van der Waals surface area (Å²) >= 11 is 0. The van der Waals surface area contributed by atoms with Crippen molar-refractivity contribution < 1.29 is 4.79 Å². The molecule has 0 saturated heterocycles. The second-order valence-electron chi connectivity index (χ2n) is 8.18. The molecule has 1 aliphatic heterocycles. The third-order valence-corrected chi connectivity index (χ3v) is 6.62. The van der Waals surface area contributed by atoms with Gasteiger partial charge in [0, 0.05) is 43.5 Å². The van der Waals surface area contributed by atoms with Gasteiger partial charge in [-0.25, -0.2) is 9.97 Å². The van der Waals surface area contributed by atoms with Crippen molar-refractivity contribution in [1.82, 2.24) is 19.5 Å². The summed E-state index contributed by atoms with van der Waals surface area (Å²) in [6.07, 6.45) is 5.79. The highest BCUT2D eigenvalue weighted by Gasteiger charge is 2.67. The lowest BCUT2D eigenvalue weighted by atomic mass is 9.91. The summed E-state index contributed by atoms with van der Waals surface area (Å²) in [6.45, 7) is 0. The summed E-state index contributed by atoms with van der Waals surface area (Å²) in [5, 5.41) is 0.855. The summed E-state index contributed by atoms with van der Waals surface area (Å²) < 4.78 is 1.60. The van der Waals surface area contributed by atoms with E-state index in [0.29, 0.717) is 5.52 Å². The molecule has 1 aromatic carbocycles. The van der Waals surface area contributed by atoms with E-state index < -0.39 is 5.41 Å². The fourth-order valence-corrected chi connectivity index (χ4v) is 5.07. The van der Waals surface area contributed by atoms with E-state index in [1.165, 1.54) is 6.33 Å². The standard InChI is InChI=1S/C23H19N5O2/c1-27-11-14(13-9-18(26-20(13)21(27)29)17-7-8-24-12-25-17)16-10-23(16)15-5-3-4-6-19(15)28(2)22(23)30/h3-9,11-12,16,26H,10H2,1-2H3/t16-,23-/m0/s1.